The van der Waals surface area contributed by atoms with E-state index >= 15 is 0 Å². The number of alkyl halides is 3. The van der Waals surface area contributed by atoms with E-state index in [1.54, 1.807) is 37.2 Å². The number of para-hydroxylation sites is 2. The predicted molar refractivity (Wildman–Crippen MR) is 137 cm³/mol. The molecule has 1 unspecified atom stereocenters. The van der Waals surface area contributed by atoms with Gasteiger partial charge in [-0.05, 0) is 55.5 Å². The van der Waals surface area contributed by atoms with Crippen molar-refractivity contribution in [2.75, 3.05) is 58.5 Å². The highest BCUT2D eigenvalue weighted by Gasteiger charge is 2.29. The van der Waals surface area contributed by atoms with E-state index in [0.717, 1.165) is 29.8 Å². The van der Waals surface area contributed by atoms with Crippen LogP contribution in [0.2, 0.25) is 0 Å². The normalized spacial score (nSPS) is 13.9. The van der Waals surface area contributed by atoms with Crippen molar-refractivity contribution in [3.63, 3.8) is 0 Å². The number of rotatable bonds is 13. The van der Waals surface area contributed by atoms with Gasteiger partial charge < -0.3 is 29.7 Å². The Labute approximate surface area is 216 Å². The third-order valence-corrected chi connectivity index (χ3v) is 6.07. The fraction of sp³-hybridized carbons (Fsp3) is 0.519. The van der Waals surface area contributed by atoms with Crippen molar-refractivity contribution in [2.45, 2.75) is 38.4 Å². The Hall–Kier alpha value is -2.98. The molecule has 0 spiro atoms. The van der Waals surface area contributed by atoms with Gasteiger partial charge in [-0.3, -0.25) is 4.79 Å². The summed E-state index contributed by atoms with van der Waals surface area (Å²) in [6.45, 7) is 3.05. The number of ether oxygens (including phenoxy) is 2. The molecule has 0 aliphatic carbocycles. The topological polar surface area (TPSA) is 74.3 Å². The quantitative estimate of drug-likeness (QED) is 0.391. The molecule has 2 aromatic rings. The molecule has 10 heteroatoms. The van der Waals surface area contributed by atoms with Crippen LogP contribution in [0.4, 0.5) is 18.9 Å². The number of amides is 1. The molecule has 1 aliphatic rings. The van der Waals surface area contributed by atoms with Gasteiger partial charge in [-0.2, -0.15) is 13.2 Å². The number of nitrogens with one attached hydrogen (secondary N) is 1. The van der Waals surface area contributed by atoms with Gasteiger partial charge in [0, 0.05) is 46.4 Å². The van der Waals surface area contributed by atoms with E-state index in [2.05, 4.69) is 16.3 Å². The third-order valence-electron chi connectivity index (χ3n) is 6.07. The first-order valence-corrected chi connectivity index (χ1v) is 12.5. The summed E-state index contributed by atoms with van der Waals surface area (Å²) in [5.41, 5.74) is 3.85. The van der Waals surface area contributed by atoms with Gasteiger partial charge in [0.1, 0.15) is 6.61 Å². The fourth-order valence-electron chi connectivity index (χ4n) is 4.44. The number of nitrogens with zero attached hydrogens (tertiary/aromatic N) is 2. The van der Waals surface area contributed by atoms with E-state index in [1.165, 1.54) is 6.07 Å². The molecule has 1 atom stereocenters. The second-order valence-corrected chi connectivity index (χ2v) is 9.42. The van der Waals surface area contributed by atoms with Crippen LogP contribution in [-0.2, 0) is 12.8 Å². The molecule has 0 bridgehead atoms. The molecule has 0 saturated carbocycles. The first kappa shape index (κ1) is 28.6. The third kappa shape index (κ3) is 8.26. The first-order chi connectivity index (χ1) is 17.6. The summed E-state index contributed by atoms with van der Waals surface area (Å²) in [7, 11) is 3.48. The van der Waals surface area contributed by atoms with Gasteiger partial charge in [0.2, 0.25) is 0 Å². The average Bonchev–Trinajstić information content (AvgIpc) is 3.26. The van der Waals surface area contributed by atoms with Crippen LogP contribution in [0.1, 0.15) is 34.8 Å². The van der Waals surface area contributed by atoms with Gasteiger partial charge >= 0.3 is 6.18 Å². The fourth-order valence-corrected chi connectivity index (χ4v) is 4.44. The van der Waals surface area contributed by atoms with Gasteiger partial charge in [0.15, 0.2) is 18.1 Å². The van der Waals surface area contributed by atoms with Gasteiger partial charge in [-0.15, -0.1) is 0 Å². The van der Waals surface area contributed by atoms with Crippen LogP contribution in [0.15, 0.2) is 36.4 Å². The summed E-state index contributed by atoms with van der Waals surface area (Å²) in [4.78, 5) is 16.7. The number of fused-ring (bicyclic) bond motifs is 1. The first-order valence-electron chi connectivity index (χ1n) is 12.5. The van der Waals surface area contributed by atoms with E-state index in [1.807, 2.05) is 13.0 Å². The molecule has 2 aromatic carbocycles. The minimum Gasteiger partial charge on any atom is -0.488 e. The van der Waals surface area contributed by atoms with Gasteiger partial charge in [-0.1, -0.05) is 18.2 Å². The summed E-state index contributed by atoms with van der Waals surface area (Å²) in [6, 6.07) is 10.5. The highest BCUT2D eigenvalue weighted by molar-refractivity contribution is 6.01. The number of carbonyl (C=O) groups excluding carboxylic acids is 1. The minimum absolute atomic E-state index is 0.0468. The summed E-state index contributed by atoms with van der Waals surface area (Å²) in [5.74, 6) is 0.268. The Bertz CT molecular complexity index is 1050. The number of hydrogen-bond acceptors (Lipinski definition) is 6. The van der Waals surface area contributed by atoms with E-state index in [9.17, 15) is 23.1 Å². The lowest BCUT2D eigenvalue weighted by molar-refractivity contribution is -0.153. The predicted octanol–water partition coefficient (Wildman–Crippen LogP) is 3.67. The molecule has 3 rings (SSSR count). The van der Waals surface area contributed by atoms with Crippen molar-refractivity contribution >= 4 is 11.6 Å². The molecule has 0 aromatic heterocycles. The number of halogens is 3. The van der Waals surface area contributed by atoms with Crippen LogP contribution in [0.5, 0.6) is 11.5 Å². The van der Waals surface area contributed by atoms with Crippen LogP contribution in [0.25, 0.3) is 0 Å². The highest BCUT2D eigenvalue weighted by atomic mass is 19.4. The molecule has 1 amide bonds. The average molecular weight is 524 g/mol. The summed E-state index contributed by atoms with van der Waals surface area (Å²) < 4.78 is 48.0. The van der Waals surface area contributed by atoms with Gasteiger partial charge in [0.05, 0.1) is 11.3 Å². The lowest BCUT2D eigenvalue weighted by Gasteiger charge is -2.24. The van der Waals surface area contributed by atoms with Crippen molar-refractivity contribution in [1.82, 2.24) is 10.2 Å². The Morgan fingerprint density at radius 1 is 1.19 bits per heavy atom. The van der Waals surface area contributed by atoms with E-state index < -0.39 is 12.8 Å². The molecular weight excluding hydrogens is 487 g/mol. The number of aliphatic hydroxyl groups excluding tert-OH is 1. The molecule has 0 radical (unpaired) electrons. The van der Waals surface area contributed by atoms with Crippen LogP contribution in [0.3, 0.4) is 0 Å². The number of carbonyl (C=O) groups is 1. The summed E-state index contributed by atoms with van der Waals surface area (Å²) >= 11 is 0. The standard InChI is InChI=1S/C27H36F3N3O4/c1-19(31-10-14-36-23-7-4-5-8-24(23)37-18-27(28,29)30)15-20-16-21-9-12-33(11-6-13-34)25(21)22(17-20)26(35)32(2)3/h4-5,7-8,16-17,19,31,34H,6,9-15,18H2,1-3H3. The largest absolute Gasteiger partial charge is 0.488 e. The zero-order valence-corrected chi connectivity index (χ0v) is 21.6. The molecule has 0 saturated heterocycles. The Kier molecular flexibility index (Phi) is 10.0. The Morgan fingerprint density at radius 2 is 1.89 bits per heavy atom. The minimum atomic E-state index is -4.42. The summed E-state index contributed by atoms with van der Waals surface area (Å²) in [6.07, 6.45) is -2.22. The summed E-state index contributed by atoms with van der Waals surface area (Å²) in [5, 5.41) is 12.6. The Balaban J connectivity index is 1.59. The smallest absolute Gasteiger partial charge is 0.422 e. The maximum atomic E-state index is 13.0. The van der Waals surface area contributed by atoms with Crippen LogP contribution in [-0.4, -0.2) is 81.7 Å². The van der Waals surface area contributed by atoms with Crippen molar-refractivity contribution in [3.8, 4) is 11.5 Å². The molecule has 204 valence electrons. The number of hydrogen-bond donors (Lipinski definition) is 2. The maximum Gasteiger partial charge on any atom is 0.422 e. The Morgan fingerprint density at radius 3 is 2.54 bits per heavy atom. The zero-order valence-electron chi connectivity index (χ0n) is 21.6. The van der Waals surface area contributed by atoms with Gasteiger partial charge in [0.25, 0.3) is 5.91 Å². The van der Waals surface area contributed by atoms with E-state index in [-0.39, 0.29) is 36.7 Å². The van der Waals surface area contributed by atoms with Crippen molar-refractivity contribution in [2.24, 2.45) is 0 Å². The van der Waals surface area contributed by atoms with E-state index in [0.29, 0.717) is 31.5 Å². The SMILES string of the molecule is CC(Cc1cc2c(c(C(=O)N(C)C)c1)N(CCCO)CC2)NCCOc1ccccc1OCC(F)(F)F. The van der Waals surface area contributed by atoms with Crippen molar-refractivity contribution < 1.29 is 32.5 Å². The molecule has 7 nitrogen and oxygen atoms in total. The lowest BCUT2D eigenvalue weighted by Crippen LogP contribution is -2.32. The van der Waals surface area contributed by atoms with Crippen LogP contribution < -0.4 is 19.7 Å². The van der Waals surface area contributed by atoms with Crippen molar-refractivity contribution in [1.29, 1.82) is 0 Å². The van der Waals surface area contributed by atoms with Gasteiger partial charge in [-0.25, -0.2) is 0 Å². The molecule has 1 heterocycles. The lowest BCUT2D eigenvalue weighted by atomic mass is 9.97. The molecule has 0 fully saturated rings. The second kappa shape index (κ2) is 13.0. The monoisotopic (exact) mass is 523 g/mol. The number of anilines is 1. The zero-order chi connectivity index (χ0) is 27.0. The molecule has 37 heavy (non-hydrogen) atoms. The number of benzene rings is 2. The maximum absolute atomic E-state index is 13.0. The molecular formula is C27H36F3N3O4. The van der Waals surface area contributed by atoms with Crippen LogP contribution >= 0.6 is 0 Å². The second-order valence-electron chi connectivity index (χ2n) is 9.42. The molecule has 2 N–H and O–H groups in total. The van der Waals surface area contributed by atoms with E-state index in [4.69, 9.17) is 9.47 Å². The van der Waals surface area contributed by atoms with Crippen molar-refractivity contribution in [3.05, 3.63) is 53.1 Å². The number of aliphatic hydroxyl groups is 1. The van der Waals surface area contributed by atoms with Crippen LogP contribution in [0, 0.1) is 0 Å². The molecule has 1 aliphatic heterocycles. The highest BCUT2D eigenvalue weighted by Crippen LogP contribution is 2.34.